The molecular formula is C15H24N2O4S. The highest BCUT2D eigenvalue weighted by molar-refractivity contribution is 7.91. The molecule has 2 aliphatic heterocycles. The largest absolute Gasteiger partial charge is 0.342 e. The third-order valence-corrected chi connectivity index (χ3v) is 7.17. The van der Waals surface area contributed by atoms with Crippen molar-refractivity contribution in [3.8, 4) is 0 Å². The highest BCUT2D eigenvalue weighted by Crippen LogP contribution is 2.36. The Morgan fingerprint density at radius 1 is 1.32 bits per heavy atom. The van der Waals surface area contributed by atoms with E-state index in [0.29, 0.717) is 18.9 Å². The van der Waals surface area contributed by atoms with Crippen LogP contribution in [0.4, 0.5) is 0 Å². The van der Waals surface area contributed by atoms with Crippen molar-refractivity contribution in [2.45, 2.75) is 44.7 Å². The van der Waals surface area contributed by atoms with Crippen molar-refractivity contribution in [1.29, 1.82) is 0 Å². The van der Waals surface area contributed by atoms with Gasteiger partial charge in [-0.2, -0.15) is 0 Å². The van der Waals surface area contributed by atoms with E-state index in [-0.39, 0.29) is 47.7 Å². The molecule has 0 N–H and O–H groups in total. The number of hydrogen-bond donors (Lipinski definition) is 0. The van der Waals surface area contributed by atoms with Crippen LogP contribution in [0.15, 0.2) is 0 Å². The number of carbonyl (C=O) groups is 2. The minimum Gasteiger partial charge on any atom is -0.342 e. The van der Waals surface area contributed by atoms with Gasteiger partial charge in [0.25, 0.3) is 0 Å². The van der Waals surface area contributed by atoms with Crippen LogP contribution < -0.4 is 0 Å². The molecule has 124 valence electrons. The lowest BCUT2D eigenvalue weighted by Crippen LogP contribution is -2.42. The predicted octanol–water partition coefficient (Wildman–Crippen LogP) is 0.279. The fourth-order valence-electron chi connectivity index (χ4n) is 3.65. The van der Waals surface area contributed by atoms with Gasteiger partial charge in [-0.15, -0.1) is 0 Å². The van der Waals surface area contributed by atoms with Gasteiger partial charge < -0.3 is 9.80 Å². The third-order valence-electron chi connectivity index (χ3n) is 5.42. The number of hydrogen-bond acceptors (Lipinski definition) is 4. The van der Waals surface area contributed by atoms with E-state index in [0.717, 1.165) is 0 Å². The van der Waals surface area contributed by atoms with Crippen LogP contribution in [0.3, 0.4) is 0 Å². The second kappa shape index (κ2) is 5.51. The van der Waals surface area contributed by atoms with E-state index in [4.69, 9.17) is 0 Å². The van der Waals surface area contributed by atoms with Crippen molar-refractivity contribution < 1.29 is 18.0 Å². The molecule has 3 atom stereocenters. The zero-order chi connectivity index (χ0) is 16.1. The molecule has 7 heteroatoms. The summed E-state index contributed by atoms with van der Waals surface area (Å²) in [6.07, 6.45) is 3.07. The normalized spacial score (nSPS) is 32.3. The predicted molar refractivity (Wildman–Crippen MR) is 81.8 cm³/mol. The standard InChI is InChI=1S/C15H24N2O4S/c1-10(11-3-4-11)16(2)15(19)12-7-14(18)17(8-12)13-5-6-22(20,21)9-13/h10-13H,3-9H2,1-2H3/t10-,12+,13-/m1/s1. The summed E-state index contributed by atoms with van der Waals surface area (Å²) < 4.78 is 23.2. The minimum atomic E-state index is -3.02. The first kappa shape index (κ1) is 15.8. The molecule has 22 heavy (non-hydrogen) atoms. The molecule has 1 aliphatic carbocycles. The lowest BCUT2D eigenvalue weighted by Gasteiger charge is -2.28. The molecule has 2 saturated heterocycles. The summed E-state index contributed by atoms with van der Waals surface area (Å²) in [5, 5.41) is 0. The van der Waals surface area contributed by atoms with Gasteiger partial charge in [-0.1, -0.05) is 0 Å². The molecule has 0 unspecified atom stereocenters. The fourth-order valence-corrected chi connectivity index (χ4v) is 5.39. The number of carbonyl (C=O) groups excluding carboxylic acids is 2. The minimum absolute atomic E-state index is 0.0242. The van der Waals surface area contributed by atoms with Gasteiger partial charge in [-0.05, 0) is 32.1 Å². The van der Waals surface area contributed by atoms with Gasteiger partial charge in [0.1, 0.15) is 0 Å². The number of rotatable bonds is 4. The summed E-state index contributed by atoms with van der Waals surface area (Å²) in [6.45, 7) is 2.44. The van der Waals surface area contributed by atoms with Gasteiger partial charge in [0.2, 0.25) is 11.8 Å². The summed E-state index contributed by atoms with van der Waals surface area (Å²) in [5.41, 5.74) is 0. The van der Waals surface area contributed by atoms with Crippen LogP contribution in [0.1, 0.15) is 32.6 Å². The molecule has 0 bridgehead atoms. The van der Waals surface area contributed by atoms with Crippen LogP contribution in [0.2, 0.25) is 0 Å². The first-order valence-corrected chi connectivity index (χ1v) is 9.87. The molecule has 1 saturated carbocycles. The maximum Gasteiger partial charge on any atom is 0.227 e. The number of sulfone groups is 1. The van der Waals surface area contributed by atoms with Crippen LogP contribution >= 0.6 is 0 Å². The number of nitrogens with zero attached hydrogens (tertiary/aromatic N) is 2. The monoisotopic (exact) mass is 328 g/mol. The topological polar surface area (TPSA) is 74.8 Å². The molecule has 6 nitrogen and oxygen atoms in total. The van der Waals surface area contributed by atoms with Gasteiger partial charge in [0.15, 0.2) is 9.84 Å². The van der Waals surface area contributed by atoms with Crippen LogP contribution in [0.25, 0.3) is 0 Å². The van der Waals surface area contributed by atoms with E-state index < -0.39 is 9.84 Å². The van der Waals surface area contributed by atoms with Crippen LogP contribution in [0, 0.1) is 11.8 Å². The zero-order valence-electron chi connectivity index (χ0n) is 13.2. The van der Waals surface area contributed by atoms with Gasteiger partial charge in [0, 0.05) is 32.1 Å². The van der Waals surface area contributed by atoms with E-state index >= 15 is 0 Å². The smallest absolute Gasteiger partial charge is 0.227 e. The SMILES string of the molecule is C[C@H](C1CC1)N(C)C(=O)[C@H]1CC(=O)N([C@@H]2CCS(=O)(=O)C2)C1. The number of likely N-dealkylation sites (tertiary alicyclic amines) is 1. The average molecular weight is 328 g/mol. The summed E-state index contributed by atoms with van der Waals surface area (Å²) >= 11 is 0. The Morgan fingerprint density at radius 2 is 2.00 bits per heavy atom. The van der Waals surface area contributed by atoms with Crippen LogP contribution in [-0.4, -0.2) is 67.2 Å². The second-order valence-corrected chi connectivity index (χ2v) is 9.26. The van der Waals surface area contributed by atoms with Crippen molar-refractivity contribution in [2.24, 2.45) is 11.8 Å². The van der Waals surface area contributed by atoms with Crippen molar-refractivity contribution in [2.75, 3.05) is 25.1 Å². The Morgan fingerprint density at radius 3 is 2.55 bits per heavy atom. The summed E-state index contributed by atoms with van der Waals surface area (Å²) in [7, 11) is -1.20. The summed E-state index contributed by atoms with van der Waals surface area (Å²) in [4.78, 5) is 28.2. The summed E-state index contributed by atoms with van der Waals surface area (Å²) in [5.74, 6) is 0.431. The first-order valence-electron chi connectivity index (χ1n) is 8.05. The van der Waals surface area contributed by atoms with Gasteiger partial charge in [-0.3, -0.25) is 9.59 Å². The summed E-state index contributed by atoms with van der Waals surface area (Å²) in [6, 6.07) is -0.00929. The Kier molecular flexibility index (Phi) is 3.95. The maximum absolute atomic E-state index is 12.6. The molecule has 3 fully saturated rings. The first-order chi connectivity index (χ1) is 10.3. The third kappa shape index (κ3) is 3.00. The van der Waals surface area contributed by atoms with Crippen molar-refractivity contribution in [3.63, 3.8) is 0 Å². The van der Waals surface area contributed by atoms with Gasteiger partial charge >= 0.3 is 0 Å². The van der Waals surface area contributed by atoms with E-state index in [1.54, 1.807) is 9.80 Å². The van der Waals surface area contributed by atoms with E-state index in [9.17, 15) is 18.0 Å². The van der Waals surface area contributed by atoms with Crippen LogP contribution in [0.5, 0.6) is 0 Å². The van der Waals surface area contributed by atoms with Crippen LogP contribution in [-0.2, 0) is 19.4 Å². The van der Waals surface area contributed by atoms with Crippen molar-refractivity contribution in [1.82, 2.24) is 9.80 Å². The molecule has 0 aromatic carbocycles. The van der Waals surface area contributed by atoms with Gasteiger partial charge in [-0.25, -0.2) is 8.42 Å². The number of amides is 2. The molecule has 0 aromatic rings. The quantitative estimate of drug-likeness (QED) is 0.743. The molecule has 3 aliphatic rings. The molecule has 2 heterocycles. The highest BCUT2D eigenvalue weighted by Gasteiger charge is 2.43. The molecular weight excluding hydrogens is 304 g/mol. The van der Waals surface area contributed by atoms with E-state index in [1.807, 2.05) is 7.05 Å². The maximum atomic E-state index is 12.6. The van der Waals surface area contributed by atoms with Crippen molar-refractivity contribution >= 4 is 21.7 Å². The Hall–Kier alpha value is -1.11. The molecule has 0 spiro atoms. The van der Waals surface area contributed by atoms with E-state index in [2.05, 4.69) is 6.92 Å². The lowest BCUT2D eigenvalue weighted by atomic mass is 10.1. The Labute approximate surface area is 131 Å². The van der Waals surface area contributed by atoms with E-state index in [1.165, 1.54) is 12.8 Å². The molecule has 3 rings (SSSR count). The Balaban J connectivity index is 1.62. The highest BCUT2D eigenvalue weighted by atomic mass is 32.2. The fraction of sp³-hybridized carbons (Fsp3) is 0.867. The van der Waals surface area contributed by atoms with Gasteiger partial charge in [0.05, 0.1) is 17.4 Å². The molecule has 2 amide bonds. The van der Waals surface area contributed by atoms with Crippen molar-refractivity contribution in [3.05, 3.63) is 0 Å². The zero-order valence-corrected chi connectivity index (χ0v) is 14.0. The second-order valence-electron chi connectivity index (χ2n) is 7.03. The Bertz CT molecular complexity index is 584. The lowest BCUT2D eigenvalue weighted by molar-refractivity contribution is -0.136. The molecule has 0 radical (unpaired) electrons. The average Bonchev–Trinajstić information content (AvgIpc) is 3.15. The molecule has 0 aromatic heterocycles.